The maximum atomic E-state index is 11.8. The topological polar surface area (TPSA) is 88.5 Å². The minimum atomic E-state index is -0.101. The van der Waals surface area contributed by atoms with Gasteiger partial charge >= 0.3 is 0 Å². The van der Waals surface area contributed by atoms with E-state index < -0.39 is 0 Å². The molecular formula is C11H16N6OS. The van der Waals surface area contributed by atoms with Crippen LogP contribution in [0.4, 0.5) is 5.82 Å². The third kappa shape index (κ3) is 3.57. The smallest absolute Gasteiger partial charge is 0.235 e. The largest absolute Gasteiger partial charge is 0.310 e. The van der Waals surface area contributed by atoms with Crippen molar-refractivity contribution < 1.29 is 4.79 Å². The molecular weight excluding hydrogens is 264 g/mol. The molecule has 7 nitrogen and oxygen atoms in total. The van der Waals surface area contributed by atoms with Crippen LogP contribution in [0.3, 0.4) is 0 Å². The predicted octanol–water partition coefficient (Wildman–Crippen LogP) is 1.14. The maximum Gasteiger partial charge on any atom is 0.235 e. The van der Waals surface area contributed by atoms with E-state index in [0.29, 0.717) is 11.0 Å². The van der Waals surface area contributed by atoms with E-state index in [4.69, 9.17) is 0 Å². The number of aryl methyl sites for hydroxylation is 3. The summed E-state index contributed by atoms with van der Waals surface area (Å²) >= 11 is 1.30. The van der Waals surface area contributed by atoms with E-state index in [1.54, 1.807) is 11.7 Å². The number of aromatic nitrogens is 5. The summed E-state index contributed by atoms with van der Waals surface area (Å²) in [6.45, 7) is 3.87. The van der Waals surface area contributed by atoms with Gasteiger partial charge in [-0.3, -0.25) is 14.6 Å². The van der Waals surface area contributed by atoms with Gasteiger partial charge in [-0.25, -0.2) is 4.98 Å². The van der Waals surface area contributed by atoms with Crippen LogP contribution in [0.1, 0.15) is 18.4 Å². The van der Waals surface area contributed by atoms with E-state index in [-0.39, 0.29) is 11.7 Å². The van der Waals surface area contributed by atoms with Crippen LogP contribution in [0, 0.1) is 6.92 Å². The van der Waals surface area contributed by atoms with Crippen LogP contribution in [-0.2, 0) is 18.3 Å². The molecule has 8 heteroatoms. The lowest BCUT2D eigenvalue weighted by molar-refractivity contribution is -0.113. The Kier molecular flexibility index (Phi) is 4.20. The number of anilines is 1. The molecule has 0 bridgehead atoms. The van der Waals surface area contributed by atoms with Gasteiger partial charge in [0.2, 0.25) is 11.1 Å². The molecule has 0 aliphatic carbocycles. The lowest BCUT2D eigenvalue weighted by Gasteiger charge is -2.03. The number of carbonyl (C=O) groups excluding carboxylic acids is 1. The Morgan fingerprint density at radius 1 is 1.58 bits per heavy atom. The number of amides is 1. The Bertz CT molecular complexity index is 576. The Balaban J connectivity index is 1.86. The highest BCUT2D eigenvalue weighted by atomic mass is 32.2. The van der Waals surface area contributed by atoms with E-state index in [9.17, 15) is 4.79 Å². The van der Waals surface area contributed by atoms with Gasteiger partial charge in [-0.15, -0.1) is 5.10 Å². The summed E-state index contributed by atoms with van der Waals surface area (Å²) in [5, 5.41) is 14.4. The summed E-state index contributed by atoms with van der Waals surface area (Å²) in [5.74, 6) is 1.68. The Morgan fingerprint density at radius 2 is 2.37 bits per heavy atom. The fourth-order valence-electron chi connectivity index (χ4n) is 1.54. The summed E-state index contributed by atoms with van der Waals surface area (Å²) in [5.41, 5.74) is 0.868. The first-order chi connectivity index (χ1) is 9.08. The second kappa shape index (κ2) is 5.87. The van der Waals surface area contributed by atoms with Crippen LogP contribution >= 0.6 is 11.8 Å². The highest BCUT2D eigenvalue weighted by molar-refractivity contribution is 7.99. The summed E-state index contributed by atoms with van der Waals surface area (Å²) in [6.07, 6.45) is 0.800. The molecule has 0 aliphatic heterocycles. The molecule has 19 heavy (non-hydrogen) atoms. The van der Waals surface area contributed by atoms with Crippen molar-refractivity contribution in [2.45, 2.75) is 25.4 Å². The average molecular weight is 280 g/mol. The van der Waals surface area contributed by atoms with E-state index in [1.807, 2.05) is 19.9 Å². The third-order valence-electron chi connectivity index (χ3n) is 2.45. The third-order valence-corrected chi connectivity index (χ3v) is 3.30. The molecule has 0 spiro atoms. The van der Waals surface area contributed by atoms with Crippen LogP contribution in [0.15, 0.2) is 11.2 Å². The first-order valence-corrected chi connectivity index (χ1v) is 6.91. The molecule has 2 N–H and O–H groups in total. The van der Waals surface area contributed by atoms with Gasteiger partial charge in [0.15, 0.2) is 0 Å². The number of aromatic amines is 1. The van der Waals surface area contributed by atoms with Crippen molar-refractivity contribution in [3.8, 4) is 0 Å². The number of H-pyrrole nitrogens is 1. The summed E-state index contributed by atoms with van der Waals surface area (Å²) < 4.78 is 1.64. The van der Waals surface area contributed by atoms with E-state index >= 15 is 0 Å². The molecule has 0 aromatic carbocycles. The molecule has 0 aliphatic rings. The highest BCUT2D eigenvalue weighted by Gasteiger charge is 2.09. The molecule has 0 atom stereocenters. The lowest BCUT2D eigenvalue weighted by atomic mass is 10.4. The van der Waals surface area contributed by atoms with Crippen molar-refractivity contribution in [1.82, 2.24) is 25.0 Å². The van der Waals surface area contributed by atoms with Crippen molar-refractivity contribution in [3.05, 3.63) is 17.6 Å². The lowest BCUT2D eigenvalue weighted by Crippen LogP contribution is -2.16. The molecule has 2 aromatic heterocycles. The van der Waals surface area contributed by atoms with Gasteiger partial charge in [0, 0.05) is 19.5 Å². The molecule has 1 amide bonds. The Hall–Kier alpha value is -1.83. The van der Waals surface area contributed by atoms with Gasteiger partial charge in [-0.2, -0.15) is 5.10 Å². The molecule has 2 heterocycles. The van der Waals surface area contributed by atoms with E-state index in [0.717, 1.165) is 17.9 Å². The van der Waals surface area contributed by atoms with Crippen molar-refractivity contribution >= 4 is 23.5 Å². The normalized spacial score (nSPS) is 10.7. The molecule has 0 unspecified atom stereocenters. The van der Waals surface area contributed by atoms with E-state index in [2.05, 4.69) is 25.6 Å². The highest BCUT2D eigenvalue weighted by Crippen LogP contribution is 2.14. The Morgan fingerprint density at radius 3 is 2.95 bits per heavy atom. The number of nitrogens with zero attached hydrogens (tertiary/aromatic N) is 4. The zero-order valence-electron chi connectivity index (χ0n) is 11.1. The van der Waals surface area contributed by atoms with E-state index in [1.165, 1.54) is 11.8 Å². The quantitative estimate of drug-likeness (QED) is 0.802. The SMILES string of the molecule is CCc1nc(SCC(=O)Nc2cc(C)nn2C)n[nH]1. The summed E-state index contributed by atoms with van der Waals surface area (Å²) in [6, 6.07) is 1.82. The fraction of sp³-hybridized carbons (Fsp3) is 0.455. The number of thioether (sulfide) groups is 1. The van der Waals surface area contributed by atoms with Gasteiger partial charge in [0.25, 0.3) is 0 Å². The van der Waals surface area contributed by atoms with Crippen LogP contribution in [0.25, 0.3) is 0 Å². The summed E-state index contributed by atoms with van der Waals surface area (Å²) in [7, 11) is 1.79. The van der Waals surface area contributed by atoms with Gasteiger partial charge in [-0.1, -0.05) is 18.7 Å². The number of nitrogens with one attached hydrogen (secondary N) is 2. The van der Waals surface area contributed by atoms with Crippen molar-refractivity contribution in [1.29, 1.82) is 0 Å². The van der Waals surface area contributed by atoms with Gasteiger partial charge in [-0.05, 0) is 6.92 Å². The maximum absolute atomic E-state index is 11.8. The van der Waals surface area contributed by atoms with Crippen molar-refractivity contribution in [3.63, 3.8) is 0 Å². The van der Waals surface area contributed by atoms with Crippen molar-refractivity contribution in [2.24, 2.45) is 7.05 Å². The molecule has 0 radical (unpaired) electrons. The van der Waals surface area contributed by atoms with Gasteiger partial charge in [0.1, 0.15) is 11.6 Å². The molecule has 102 valence electrons. The molecule has 0 saturated carbocycles. The minimum absolute atomic E-state index is 0.101. The number of hydrogen-bond acceptors (Lipinski definition) is 5. The molecule has 0 fully saturated rings. The van der Waals surface area contributed by atoms with Crippen LogP contribution in [0.2, 0.25) is 0 Å². The first-order valence-electron chi connectivity index (χ1n) is 5.93. The average Bonchev–Trinajstić information content (AvgIpc) is 2.94. The summed E-state index contributed by atoms with van der Waals surface area (Å²) in [4.78, 5) is 16.0. The zero-order chi connectivity index (χ0) is 13.8. The number of rotatable bonds is 5. The fourth-order valence-corrected chi connectivity index (χ4v) is 2.15. The minimum Gasteiger partial charge on any atom is -0.310 e. The van der Waals surface area contributed by atoms with Crippen LogP contribution in [0.5, 0.6) is 0 Å². The van der Waals surface area contributed by atoms with Crippen LogP contribution < -0.4 is 5.32 Å². The molecule has 2 aromatic rings. The first kappa shape index (κ1) is 13.6. The second-order valence-electron chi connectivity index (χ2n) is 4.05. The standard InChI is InChI=1S/C11H16N6OS/c1-4-8-12-11(15-14-8)19-6-10(18)13-9-5-7(2)16-17(9)3/h5H,4,6H2,1-3H3,(H,13,18)(H,12,14,15). The monoisotopic (exact) mass is 280 g/mol. The number of hydrogen-bond donors (Lipinski definition) is 2. The van der Waals surface area contributed by atoms with Gasteiger partial charge < -0.3 is 5.32 Å². The zero-order valence-corrected chi connectivity index (χ0v) is 11.9. The Labute approximate surface area is 115 Å². The van der Waals surface area contributed by atoms with Gasteiger partial charge in [0.05, 0.1) is 11.4 Å². The van der Waals surface area contributed by atoms with Crippen LogP contribution in [-0.4, -0.2) is 36.6 Å². The predicted molar refractivity (Wildman–Crippen MR) is 73.1 cm³/mol. The second-order valence-corrected chi connectivity index (χ2v) is 4.99. The molecule has 2 rings (SSSR count). The number of carbonyl (C=O) groups is 1. The molecule has 0 saturated heterocycles. The van der Waals surface area contributed by atoms with Crippen molar-refractivity contribution in [2.75, 3.05) is 11.1 Å².